The molecule has 0 saturated carbocycles. The zero-order chi connectivity index (χ0) is 11.4. The van der Waals surface area contributed by atoms with Crippen LogP contribution in [0.1, 0.15) is 5.56 Å². The lowest BCUT2D eigenvalue weighted by Gasteiger charge is -1.98. The number of primary amides is 2. The SMILES string of the molecule is NC(=O)C(=Cc1cccc(Cl)c1)C(N)=O. The van der Waals surface area contributed by atoms with Crippen LogP contribution in [0.2, 0.25) is 5.02 Å². The molecule has 5 heteroatoms. The first-order valence-electron chi connectivity index (χ1n) is 4.07. The van der Waals surface area contributed by atoms with E-state index in [-0.39, 0.29) is 5.57 Å². The van der Waals surface area contributed by atoms with E-state index in [0.717, 1.165) is 0 Å². The molecule has 4 nitrogen and oxygen atoms in total. The van der Waals surface area contributed by atoms with Gasteiger partial charge in [0.1, 0.15) is 5.57 Å². The van der Waals surface area contributed by atoms with Gasteiger partial charge in [-0.1, -0.05) is 23.7 Å². The van der Waals surface area contributed by atoms with Crippen LogP contribution in [0, 0.1) is 0 Å². The average Bonchev–Trinajstić information content (AvgIpc) is 2.13. The third-order valence-corrected chi connectivity index (χ3v) is 1.93. The summed E-state index contributed by atoms with van der Waals surface area (Å²) in [6.45, 7) is 0. The molecule has 0 aromatic heterocycles. The molecule has 0 bridgehead atoms. The molecule has 0 radical (unpaired) electrons. The van der Waals surface area contributed by atoms with Crippen LogP contribution in [0.15, 0.2) is 29.8 Å². The molecule has 0 aliphatic carbocycles. The van der Waals surface area contributed by atoms with Crippen LogP contribution in [0.4, 0.5) is 0 Å². The number of nitrogens with two attached hydrogens (primary N) is 2. The summed E-state index contributed by atoms with van der Waals surface area (Å²) < 4.78 is 0. The second-order valence-corrected chi connectivity index (χ2v) is 3.28. The van der Waals surface area contributed by atoms with Crippen molar-refractivity contribution < 1.29 is 9.59 Å². The van der Waals surface area contributed by atoms with Gasteiger partial charge in [0, 0.05) is 5.02 Å². The molecule has 0 fully saturated rings. The lowest BCUT2D eigenvalue weighted by molar-refractivity contribution is -0.120. The van der Waals surface area contributed by atoms with Crippen molar-refractivity contribution in [2.24, 2.45) is 11.5 Å². The largest absolute Gasteiger partial charge is 0.365 e. The second kappa shape index (κ2) is 4.61. The van der Waals surface area contributed by atoms with Crippen molar-refractivity contribution in [3.63, 3.8) is 0 Å². The van der Waals surface area contributed by atoms with Crippen molar-refractivity contribution in [3.8, 4) is 0 Å². The topological polar surface area (TPSA) is 86.2 Å². The van der Waals surface area contributed by atoms with Gasteiger partial charge in [0.15, 0.2) is 0 Å². The van der Waals surface area contributed by atoms with E-state index in [2.05, 4.69) is 0 Å². The molecule has 78 valence electrons. The Morgan fingerprint density at radius 1 is 1.20 bits per heavy atom. The Labute approximate surface area is 91.5 Å². The number of hydrogen-bond donors (Lipinski definition) is 2. The molecule has 15 heavy (non-hydrogen) atoms. The molecule has 2 amide bonds. The van der Waals surface area contributed by atoms with Crippen LogP contribution >= 0.6 is 11.6 Å². The van der Waals surface area contributed by atoms with Gasteiger partial charge >= 0.3 is 0 Å². The Hall–Kier alpha value is -1.81. The highest BCUT2D eigenvalue weighted by molar-refractivity contribution is 6.30. The summed E-state index contributed by atoms with van der Waals surface area (Å²) in [5.74, 6) is -1.72. The predicted octanol–water partition coefficient (Wildman–Crippen LogP) is 0.694. The van der Waals surface area contributed by atoms with Crippen LogP contribution in [-0.4, -0.2) is 11.8 Å². The summed E-state index contributed by atoms with van der Waals surface area (Å²) in [7, 11) is 0. The smallest absolute Gasteiger partial charge is 0.254 e. The van der Waals surface area contributed by atoms with E-state index in [0.29, 0.717) is 10.6 Å². The van der Waals surface area contributed by atoms with Crippen molar-refractivity contribution >= 4 is 29.5 Å². The van der Waals surface area contributed by atoms with E-state index in [1.807, 2.05) is 0 Å². The summed E-state index contributed by atoms with van der Waals surface area (Å²) in [6, 6.07) is 6.63. The van der Waals surface area contributed by atoms with Crippen LogP contribution < -0.4 is 11.5 Å². The first kappa shape index (κ1) is 11.3. The first-order chi connectivity index (χ1) is 7.00. The van der Waals surface area contributed by atoms with E-state index in [4.69, 9.17) is 23.1 Å². The molecule has 4 N–H and O–H groups in total. The Bertz CT molecular complexity index is 425. The third-order valence-electron chi connectivity index (χ3n) is 1.69. The maximum absolute atomic E-state index is 10.9. The lowest BCUT2D eigenvalue weighted by atomic mass is 10.1. The molecule has 0 unspecified atom stereocenters. The van der Waals surface area contributed by atoms with Gasteiger partial charge in [-0.3, -0.25) is 9.59 Å². The van der Waals surface area contributed by atoms with E-state index < -0.39 is 11.8 Å². The molecule has 0 aliphatic heterocycles. The minimum Gasteiger partial charge on any atom is -0.365 e. The first-order valence-corrected chi connectivity index (χ1v) is 4.45. The second-order valence-electron chi connectivity index (χ2n) is 2.84. The molecule has 0 heterocycles. The van der Waals surface area contributed by atoms with Crippen LogP contribution in [0.5, 0.6) is 0 Å². The molecule has 1 aromatic carbocycles. The molecule has 1 rings (SSSR count). The fourth-order valence-electron chi connectivity index (χ4n) is 1.03. The summed E-state index contributed by atoms with van der Waals surface area (Å²) in [5.41, 5.74) is 10.3. The van der Waals surface area contributed by atoms with Gasteiger partial charge in [0.2, 0.25) is 0 Å². The maximum Gasteiger partial charge on any atom is 0.254 e. The Kier molecular flexibility index (Phi) is 3.46. The number of carbonyl (C=O) groups is 2. The fraction of sp³-hybridized carbons (Fsp3) is 0. The number of halogens is 1. The van der Waals surface area contributed by atoms with Crippen molar-refractivity contribution in [3.05, 3.63) is 40.4 Å². The van der Waals surface area contributed by atoms with Crippen molar-refractivity contribution in [1.29, 1.82) is 0 Å². The minimum atomic E-state index is -0.859. The van der Waals surface area contributed by atoms with Crippen molar-refractivity contribution in [1.82, 2.24) is 0 Å². The molecule has 0 saturated heterocycles. The highest BCUT2D eigenvalue weighted by Gasteiger charge is 2.11. The maximum atomic E-state index is 10.9. The quantitative estimate of drug-likeness (QED) is 0.450. The summed E-state index contributed by atoms with van der Waals surface area (Å²) in [4.78, 5) is 21.7. The van der Waals surface area contributed by atoms with Gasteiger partial charge in [-0.25, -0.2) is 0 Å². The van der Waals surface area contributed by atoms with Gasteiger partial charge < -0.3 is 11.5 Å². The van der Waals surface area contributed by atoms with Gasteiger partial charge in [-0.05, 0) is 23.8 Å². The van der Waals surface area contributed by atoms with Gasteiger partial charge in [-0.15, -0.1) is 0 Å². The Balaban J connectivity index is 3.13. The molecule has 1 aromatic rings. The minimum absolute atomic E-state index is 0.253. The standard InChI is InChI=1S/C10H9ClN2O2/c11-7-3-1-2-6(4-7)5-8(9(12)14)10(13)15/h1-5H,(H2,12,14)(H2,13,15). The number of carbonyl (C=O) groups excluding carboxylic acids is 2. The van der Waals surface area contributed by atoms with Crippen LogP contribution in [0.3, 0.4) is 0 Å². The number of hydrogen-bond acceptors (Lipinski definition) is 2. The number of rotatable bonds is 3. The normalized spacial score (nSPS) is 9.40. The van der Waals surface area contributed by atoms with E-state index in [9.17, 15) is 9.59 Å². The summed E-state index contributed by atoms with van der Waals surface area (Å²) in [5, 5.41) is 0.497. The van der Waals surface area contributed by atoms with E-state index in [1.165, 1.54) is 6.08 Å². The zero-order valence-electron chi connectivity index (χ0n) is 7.74. The van der Waals surface area contributed by atoms with E-state index in [1.54, 1.807) is 24.3 Å². The molecular formula is C10H9ClN2O2. The van der Waals surface area contributed by atoms with Crippen LogP contribution in [-0.2, 0) is 9.59 Å². The summed E-state index contributed by atoms with van der Waals surface area (Å²) in [6.07, 6.45) is 1.30. The van der Waals surface area contributed by atoms with Gasteiger partial charge in [-0.2, -0.15) is 0 Å². The molecule has 0 atom stereocenters. The van der Waals surface area contributed by atoms with Crippen LogP contribution in [0.25, 0.3) is 6.08 Å². The molecular weight excluding hydrogens is 216 g/mol. The predicted molar refractivity (Wildman–Crippen MR) is 57.8 cm³/mol. The number of benzene rings is 1. The number of amides is 2. The molecule has 0 spiro atoms. The van der Waals surface area contributed by atoms with Gasteiger partial charge in [0.25, 0.3) is 11.8 Å². The lowest BCUT2D eigenvalue weighted by Crippen LogP contribution is -2.25. The van der Waals surface area contributed by atoms with Gasteiger partial charge in [0.05, 0.1) is 0 Å². The van der Waals surface area contributed by atoms with E-state index >= 15 is 0 Å². The third kappa shape index (κ3) is 3.11. The monoisotopic (exact) mass is 224 g/mol. The average molecular weight is 225 g/mol. The Morgan fingerprint density at radius 3 is 2.27 bits per heavy atom. The van der Waals surface area contributed by atoms with Crippen molar-refractivity contribution in [2.45, 2.75) is 0 Å². The fourth-order valence-corrected chi connectivity index (χ4v) is 1.23. The highest BCUT2D eigenvalue weighted by atomic mass is 35.5. The highest BCUT2D eigenvalue weighted by Crippen LogP contribution is 2.13. The Morgan fingerprint density at radius 2 is 1.80 bits per heavy atom. The molecule has 0 aliphatic rings. The summed E-state index contributed by atoms with van der Waals surface area (Å²) >= 11 is 5.73. The zero-order valence-corrected chi connectivity index (χ0v) is 8.49. The van der Waals surface area contributed by atoms with Crippen molar-refractivity contribution in [2.75, 3.05) is 0 Å².